The standard InChI is InChI=1S/C14H17N3O5.CH4O/c1-9-14(22,8-18)11(19)7-15-12(20)16(13(21)17(9)15)10-5-3-2-4-6-10;1-2/h2-6,9,11,18-19,22H,7-8H2,1H3;2H,1H3/t9-,11-,14-;/m1./s1. The predicted molar refractivity (Wildman–Crippen MR) is 85.2 cm³/mol. The van der Waals surface area contributed by atoms with E-state index < -0.39 is 35.7 Å². The summed E-state index contributed by atoms with van der Waals surface area (Å²) in [7, 11) is 1.00. The van der Waals surface area contributed by atoms with Crippen LogP contribution in [0.4, 0.5) is 0 Å². The van der Waals surface area contributed by atoms with Crippen LogP contribution in [-0.2, 0) is 6.54 Å². The Balaban J connectivity index is 0.00000100. The van der Waals surface area contributed by atoms with Gasteiger partial charge in [-0.1, -0.05) is 18.2 Å². The minimum absolute atomic E-state index is 0.269. The Kier molecular flexibility index (Phi) is 5.09. The Hall–Kier alpha value is -2.20. The van der Waals surface area contributed by atoms with Crippen molar-refractivity contribution < 1.29 is 20.4 Å². The minimum Gasteiger partial charge on any atom is -0.400 e. The molecule has 132 valence electrons. The summed E-state index contributed by atoms with van der Waals surface area (Å²) in [6, 6.07) is 7.45. The number of aliphatic hydroxyl groups excluding tert-OH is 3. The summed E-state index contributed by atoms with van der Waals surface area (Å²) in [5, 5.41) is 36.8. The topological polar surface area (TPSA) is 130 Å². The van der Waals surface area contributed by atoms with Gasteiger partial charge in [0.25, 0.3) is 0 Å². The van der Waals surface area contributed by atoms with E-state index in [0.29, 0.717) is 5.69 Å². The molecule has 0 fully saturated rings. The number of fused-ring (bicyclic) bond motifs is 1. The Morgan fingerprint density at radius 1 is 1.17 bits per heavy atom. The highest BCUT2D eigenvalue weighted by atomic mass is 16.4. The molecule has 4 N–H and O–H groups in total. The lowest BCUT2D eigenvalue weighted by molar-refractivity contribution is -0.160. The largest absolute Gasteiger partial charge is 0.400 e. The fourth-order valence-electron chi connectivity index (χ4n) is 2.88. The maximum absolute atomic E-state index is 12.6. The Bertz CT molecular complexity index is 809. The first-order valence-electron chi connectivity index (χ1n) is 7.37. The fourth-order valence-corrected chi connectivity index (χ4v) is 2.88. The number of para-hydroxylation sites is 1. The van der Waals surface area contributed by atoms with Crippen LogP contribution in [0.2, 0.25) is 0 Å². The molecule has 2 heterocycles. The molecule has 3 atom stereocenters. The number of aliphatic hydroxyl groups is 4. The van der Waals surface area contributed by atoms with Crippen LogP contribution in [0.15, 0.2) is 39.9 Å². The molecule has 1 aliphatic rings. The highest BCUT2D eigenvalue weighted by Gasteiger charge is 2.48. The second-order valence-electron chi connectivity index (χ2n) is 5.50. The lowest BCUT2D eigenvalue weighted by Crippen LogP contribution is -2.60. The summed E-state index contributed by atoms with van der Waals surface area (Å²) in [6.45, 7) is 0.493. The van der Waals surface area contributed by atoms with Gasteiger partial charge in [-0.15, -0.1) is 0 Å². The average molecular weight is 339 g/mol. The molecule has 2 aromatic rings. The summed E-state index contributed by atoms with van der Waals surface area (Å²) in [5.74, 6) is 0. The Morgan fingerprint density at radius 3 is 2.29 bits per heavy atom. The molecule has 9 heteroatoms. The van der Waals surface area contributed by atoms with Gasteiger partial charge in [0.1, 0.15) is 11.7 Å². The average Bonchev–Trinajstić information content (AvgIpc) is 2.85. The normalized spacial score (nSPS) is 25.6. The van der Waals surface area contributed by atoms with Crippen molar-refractivity contribution in [3.63, 3.8) is 0 Å². The van der Waals surface area contributed by atoms with Crippen molar-refractivity contribution in [1.29, 1.82) is 0 Å². The first kappa shape index (κ1) is 18.1. The van der Waals surface area contributed by atoms with E-state index in [0.717, 1.165) is 21.0 Å². The molecule has 3 rings (SSSR count). The number of hydrogen-bond acceptors (Lipinski definition) is 6. The van der Waals surface area contributed by atoms with Crippen LogP contribution >= 0.6 is 0 Å². The maximum atomic E-state index is 12.6. The van der Waals surface area contributed by atoms with Gasteiger partial charge >= 0.3 is 11.4 Å². The van der Waals surface area contributed by atoms with Gasteiger partial charge in [-0.3, -0.25) is 0 Å². The lowest BCUT2D eigenvalue weighted by atomic mass is 9.88. The van der Waals surface area contributed by atoms with Crippen molar-refractivity contribution in [2.75, 3.05) is 13.7 Å². The van der Waals surface area contributed by atoms with Gasteiger partial charge in [-0.05, 0) is 19.1 Å². The molecule has 0 saturated carbocycles. The number of aromatic nitrogens is 3. The summed E-state index contributed by atoms with van der Waals surface area (Å²) in [5.41, 5.74) is -2.69. The van der Waals surface area contributed by atoms with Crippen molar-refractivity contribution in [1.82, 2.24) is 13.9 Å². The first-order chi connectivity index (χ1) is 11.4. The van der Waals surface area contributed by atoms with E-state index in [9.17, 15) is 24.9 Å². The van der Waals surface area contributed by atoms with E-state index in [4.69, 9.17) is 5.11 Å². The van der Waals surface area contributed by atoms with Crippen LogP contribution in [0, 0.1) is 0 Å². The molecule has 24 heavy (non-hydrogen) atoms. The highest BCUT2D eigenvalue weighted by Crippen LogP contribution is 2.29. The fraction of sp³-hybridized carbons (Fsp3) is 0.467. The highest BCUT2D eigenvalue weighted by molar-refractivity contribution is 5.30. The number of benzene rings is 1. The molecule has 0 saturated heterocycles. The molecule has 0 bridgehead atoms. The summed E-state index contributed by atoms with van der Waals surface area (Å²) < 4.78 is 3.15. The molecule has 0 aliphatic carbocycles. The predicted octanol–water partition coefficient (Wildman–Crippen LogP) is -1.93. The molecule has 1 aromatic heterocycles. The van der Waals surface area contributed by atoms with Crippen molar-refractivity contribution in [3.05, 3.63) is 51.3 Å². The van der Waals surface area contributed by atoms with Crippen molar-refractivity contribution in [2.45, 2.75) is 31.2 Å². The third-order valence-corrected chi connectivity index (χ3v) is 4.34. The van der Waals surface area contributed by atoms with E-state index in [1.165, 1.54) is 6.92 Å². The van der Waals surface area contributed by atoms with Crippen LogP contribution in [-0.4, -0.2) is 59.8 Å². The quantitative estimate of drug-likeness (QED) is 0.504. The smallest absolute Gasteiger partial charge is 0.352 e. The summed E-state index contributed by atoms with van der Waals surface area (Å²) in [4.78, 5) is 25.1. The van der Waals surface area contributed by atoms with Crippen LogP contribution in [0.5, 0.6) is 0 Å². The molecule has 0 spiro atoms. The van der Waals surface area contributed by atoms with Gasteiger partial charge in [0.2, 0.25) is 0 Å². The molecule has 1 aliphatic heterocycles. The van der Waals surface area contributed by atoms with Gasteiger partial charge in [0.05, 0.1) is 24.9 Å². The number of rotatable bonds is 2. The SMILES string of the molecule is CO.C[C@H]1n2c(=O)n(-c3ccccc3)c(=O)n2C[C@@H](O)[C@@]1(O)CO. The van der Waals surface area contributed by atoms with Gasteiger partial charge in [0.15, 0.2) is 0 Å². The van der Waals surface area contributed by atoms with Crippen LogP contribution in [0.3, 0.4) is 0 Å². The van der Waals surface area contributed by atoms with Gasteiger partial charge in [0, 0.05) is 7.11 Å². The van der Waals surface area contributed by atoms with Crippen LogP contribution in [0.25, 0.3) is 5.69 Å². The van der Waals surface area contributed by atoms with Gasteiger partial charge in [-0.25, -0.2) is 23.5 Å². The van der Waals surface area contributed by atoms with Crippen LogP contribution in [0.1, 0.15) is 13.0 Å². The molecule has 1 aromatic carbocycles. The first-order valence-corrected chi connectivity index (χ1v) is 7.37. The molecular formula is C15H21N3O6. The van der Waals surface area contributed by atoms with Crippen molar-refractivity contribution >= 4 is 0 Å². The number of nitrogens with zero attached hydrogens (tertiary/aromatic N) is 3. The molecular weight excluding hydrogens is 318 g/mol. The zero-order chi connectivity index (χ0) is 18.1. The van der Waals surface area contributed by atoms with E-state index in [2.05, 4.69) is 0 Å². The second kappa shape index (κ2) is 6.73. The third kappa shape index (κ3) is 2.51. The monoisotopic (exact) mass is 339 g/mol. The molecule has 0 radical (unpaired) electrons. The minimum atomic E-state index is -1.88. The Labute approximate surface area is 137 Å². The summed E-state index contributed by atoms with van der Waals surface area (Å²) >= 11 is 0. The molecule has 0 unspecified atom stereocenters. The van der Waals surface area contributed by atoms with Gasteiger partial charge < -0.3 is 20.4 Å². The van der Waals surface area contributed by atoms with Gasteiger partial charge in [-0.2, -0.15) is 0 Å². The molecule has 0 amide bonds. The summed E-state index contributed by atoms with van der Waals surface area (Å²) in [6.07, 6.45) is -1.35. The maximum Gasteiger partial charge on any atom is 0.352 e. The lowest BCUT2D eigenvalue weighted by Gasteiger charge is -2.41. The third-order valence-electron chi connectivity index (χ3n) is 4.34. The van der Waals surface area contributed by atoms with E-state index in [1.54, 1.807) is 30.3 Å². The van der Waals surface area contributed by atoms with E-state index in [-0.39, 0.29) is 6.54 Å². The Morgan fingerprint density at radius 2 is 1.75 bits per heavy atom. The van der Waals surface area contributed by atoms with E-state index >= 15 is 0 Å². The van der Waals surface area contributed by atoms with Crippen molar-refractivity contribution in [3.8, 4) is 5.69 Å². The zero-order valence-corrected chi connectivity index (χ0v) is 13.4. The zero-order valence-electron chi connectivity index (χ0n) is 13.4. The second-order valence-corrected chi connectivity index (χ2v) is 5.50. The molecule has 9 nitrogen and oxygen atoms in total. The van der Waals surface area contributed by atoms with Crippen molar-refractivity contribution in [2.24, 2.45) is 0 Å². The number of hydrogen-bond donors (Lipinski definition) is 4. The van der Waals surface area contributed by atoms with Crippen LogP contribution < -0.4 is 11.4 Å². The van der Waals surface area contributed by atoms with E-state index in [1.807, 2.05) is 0 Å².